The minimum absolute atomic E-state index is 0.0307. The van der Waals surface area contributed by atoms with E-state index in [9.17, 15) is 0 Å². The minimum Gasteiger partial charge on any atom is -0.486 e. The first-order valence-electron chi connectivity index (χ1n) is 6.66. The highest BCUT2D eigenvalue weighted by Gasteiger charge is 2.21. The van der Waals surface area contributed by atoms with Gasteiger partial charge in [-0.15, -0.1) is 11.3 Å². The fourth-order valence-electron chi connectivity index (χ4n) is 1.87. The lowest BCUT2D eigenvalue weighted by molar-refractivity contribution is 0.245. The van der Waals surface area contributed by atoms with Crippen LogP contribution in [0.2, 0.25) is 0 Å². The van der Waals surface area contributed by atoms with Gasteiger partial charge in [0.15, 0.2) is 5.75 Å². The highest BCUT2D eigenvalue weighted by Crippen LogP contribution is 2.43. The number of rotatable bonds is 6. The van der Waals surface area contributed by atoms with Crippen molar-refractivity contribution in [3.05, 3.63) is 4.88 Å². The number of anilines is 2. The van der Waals surface area contributed by atoms with E-state index in [0.717, 1.165) is 11.4 Å². The van der Waals surface area contributed by atoms with Gasteiger partial charge < -0.3 is 15.8 Å². The summed E-state index contributed by atoms with van der Waals surface area (Å²) in [4.78, 5) is 0.511. The van der Waals surface area contributed by atoms with Crippen molar-refractivity contribution in [3.63, 3.8) is 0 Å². The number of hydrogen-bond acceptors (Lipinski definition) is 5. The lowest BCUT2D eigenvalue weighted by atomic mass is 10.0. The summed E-state index contributed by atoms with van der Waals surface area (Å²) in [6.45, 7) is 10.4. The van der Waals surface area contributed by atoms with Crippen LogP contribution in [0, 0.1) is 17.2 Å². The van der Waals surface area contributed by atoms with Crippen LogP contribution in [-0.4, -0.2) is 12.1 Å². The quantitative estimate of drug-likeness (QED) is 0.831. The molecule has 4 nitrogen and oxygen atoms in total. The molecule has 1 heterocycles. The van der Waals surface area contributed by atoms with Gasteiger partial charge in [0.2, 0.25) is 0 Å². The van der Waals surface area contributed by atoms with Crippen LogP contribution in [0.5, 0.6) is 5.75 Å². The number of thiophene rings is 1. The Hall–Kier alpha value is -1.41. The van der Waals surface area contributed by atoms with E-state index in [2.05, 4.69) is 32.2 Å². The van der Waals surface area contributed by atoms with Gasteiger partial charge in [-0.2, -0.15) is 5.26 Å². The molecule has 1 aromatic rings. The summed E-state index contributed by atoms with van der Waals surface area (Å²) in [5.41, 5.74) is 6.43. The predicted octanol–water partition coefficient (Wildman–Crippen LogP) is 3.84. The lowest BCUT2D eigenvalue weighted by Crippen LogP contribution is -2.24. The molecule has 0 bridgehead atoms. The molecule has 0 aromatic carbocycles. The van der Waals surface area contributed by atoms with Crippen LogP contribution in [0.4, 0.5) is 10.7 Å². The molecule has 0 aliphatic heterocycles. The molecule has 1 unspecified atom stereocenters. The Labute approximate surface area is 119 Å². The molecule has 3 N–H and O–H groups in total. The Morgan fingerprint density at radius 3 is 2.42 bits per heavy atom. The SMILES string of the molecule is CCC(Nc1sc(C#N)c(N)c1OC(C)C)C(C)C. The summed E-state index contributed by atoms with van der Waals surface area (Å²) in [5, 5.41) is 13.4. The number of nitrogens with zero attached hydrogens (tertiary/aromatic N) is 1. The number of nitrogens with one attached hydrogen (secondary N) is 1. The number of nitrogen functional groups attached to an aromatic ring is 1. The van der Waals surface area contributed by atoms with Crippen LogP contribution >= 0.6 is 11.3 Å². The first-order valence-corrected chi connectivity index (χ1v) is 7.47. The first-order chi connectivity index (χ1) is 8.90. The van der Waals surface area contributed by atoms with Crippen LogP contribution in [0.15, 0.2) is 0 Å². The van der Waals surface area contributed by atoms with Crippen molar-refractivity contribution in [2.45, 2.75) is 53.2 Å². The Balaban J connectivity index is 3.08. The third-order valence-corrected chi connectivity index (χ3v) is 3.94. The van der Waals surface area contributed by atoms with Crippen LogP contribution in [0.1, 0.15) is 45.9 Å². The second kappa shape index (κ2) is 6.67. The standard InChI is InChI=1S/C14H23N3OS/c1-6-10(8(2)3)17-14-13(18-9(4)5)12(16)11(7-15)19-14/h8-10,17H,6,16H2,1-5H3. The molecular formula is C14H23N3OS. The van der Waals surface area contributed by atoms with Gasteiger partial charge in [0.1, 0.15) is 21.6 Å². The highest BCUT2D eigenvalue weighted by atomic mass is 32.1. The van der Waals surface area contributed by atoms with Crippen molar-refractivity contribution in [1.29, 1.82) is 5.26 Å². The molecule has 19 heavy (non-hydrogen) atoms. The average Bonchev–Trinajstić information content (AvgIpc) is 2.62. The van der Waals surface area contributed by atoms with Crippen molar-refractivity contribution in [2.75, 3.05) is 11.1 Å². The van der Waals surface area contributed by atoms with Crippen molar-refractivity contribution >= 4 is 22.0 Å². The Kier molecular flexibility index (Phi) is 5.49. The average molecular weight is 281 g/mol. The second-order valence-electron chi connectivity index (χ2n) is 5.18. The van der Waals surface area contributed by atoms with Crippen molar-refractivity contribution in [1.82, 2.24) is 0 Å². The molecule has 106 valence electrons. The van der Waals surface area contributed by atoms with Gasteiger partial charge in [-0.1, -0.05) is 20.8 Å². The molecule has 0 fully saturated rings. The fraction of sp³-hybridized carbons (Fsp3) is 0.643. The van der Waals surface area contributed by atoms with E-state index in [1.54, 1.807) is 0 Å². The zero-order valence-corrected chi connectivity index (χ0v) is 13.1. The Morgan fingerprint density at radius 2 is 2.00 bits per heavy atom. The molecule has 0 aliphatic carbocycles. The molecule has 0 radical (unpaired) electrons. The lowest BCUT2D eigenvalue weighted by Gasteiger charge is -2.22. The molecule has 1 aromatic heterocycles. The Morgan fingerprint density at radius 1 is 1.37 bits per heavy atom. The van der Waals surface area contributed by atoms with Gasteiger partial charge in [-0.25, -0.2) is 0 Å². The number of ether oxygens (including phenoxy) is 1. The Bertz CT molecular complexity index is 460. The van der Waals surface area contributed by atoms with Crippen molar-refractivity contribution in [2.24, 2.45) is 5.92 Å². The maximum Gasteiger partial charge on any atom is 0.178 e. The molecule has 1 rings (SSSR count). The van der Waals surface area contributed by atoms with Crippen molar-refractivity contribution in [3.8, 4) is 11.8 Å². The number of hydrogen-bond donors (Lipinski definition) is 2. The predicted molar refractivity (Wildman–Crippen MR) is 81.8 cm³/mol. The molecule has 1 atom stereocenters. The van der Waals surface area contributed by atoms with Gasteiger partial charge >= 0.3 is 0 Å². The van der Waals surface area contributed by atoms with Crippen LogP contribution < -0.4 is 15.8 Å². The van der Waals surface area contributed by atoms with Gasteiger partial charge in [-0.05, 0) is 26.2 Å². The van der Waals surface area contributed by atoms with Gasteiger partial charge in [0.05, 0.1) is 6.10 Å². The summed E-state index contributed by atoms with van der Waals surface area (Å²) in [6.07, 6.45) is 1.04. The maximum atomic E-state index is 9.09. The van der Waals surface area contributed by atoms with E-state index in [4.69, 9.17) is 15.7 Å². The van der Waals surface area contributed by atoms with Crippen LogP contribution in [0.25, 0.3) is 0 Å². The normalized spacial score (nSPS) is 12.5. The summed E-state index contributed by atoms with van der Waals surface area (Å²) < 4.78 is 5.76. The van der Waals surface area contributed by atoms with Gasteiger partial charge in [0, 0.05) is 6.04 Å². The summed E-state index contributed by atoms with van der Waals surface area (Å²) in [6, 6.07) is 2.47. The topological polar surface area (TPSA) is 71.1 Å². The smallest absolute Gasteiger partial charge is 0.178 e. The van der Waals surface area contributed by atoms with Gasteiger partial charge in [0.25, 0.3) is 0 Å². The van der Waals surface area contributed by atoms with E-state index in [1.807, 2.05) is 13.8 Å². The molecule has 5 heteroatoms. The monoisotopic (exact) mass is 281 g/mol. The molecule has 0 spiro atoms. The first kappa shape index (κ1) is 15.6. The summed E-state index contributed by atoms with van der Waals surface area (Å²) in [5.74, 6) is 1.13. The van der Waals surface area contributed by atoms with E-state index < -0.39 is 0 Å². The van der Waals surface area contributed by atoms with Crippen molar-refractivity contribution < 1.29 is 4.74 Å². The van der Waals surface area contributed by atoms with E-state index in [0.29, 0.717) is 28.3 Å². The molecule has 0 saturated heterocycles. The minimum atomic E-state index is 0.0307. The number of nitriles is 1. The third-order valence-electron chi connectivity index (χ3n) is 2.92. The second-order valence-corrected chi connectivity index (χ2v) is 6.21. The van der Waals surface area contributed by atoms with E-state index in [1.165, 1.54) is 11.3 Å². The summed E-state index contributed by atoms with van der Waals surface area (Å²) in [7, 11) is 0. The van der Waals surface area contributed by atoms with E-state index >= 15 is 0 Å². The molecule has 0 saturated carbocycles. The zero-order chi connectivity index (χ0) is 14.6. The maximum absolute atomic E-state index is 9.09. The van der Waals surface area contributed by atoms with E-state index in [-0.39, 0.29) is 6.10 Å². The van der Waals surface area contributed by atoms with Gasteiger partial charge in [-0.3, -0.25) is 0 Å². The molecule has 0 aliphatic rings. The highest BCUT2D eigenvalue weighted by molar-refractivity contribution is 7.17. The van der Waals surface area contributed by atoms with Crippen LogP contribution in [0.3, 0.4) is 0 Å². The third kappa shape index (κ3) is 3.77. The zero-order valence-electron chi connectivity index (χ0n) is 12.3. The largest absolute Gasteiger partial charge is 0.486 e. The number of nitrogens with two attached hydrogens (primary N) is 1. The van der Waals surface area contributed by atoms with Crippen LogP contribution in [-0.2, 0) is 0 Å². The molecule has 0 amide bonds. The summed E-state index contributed by atoms with van der Waals surface area (Å²) >= 11 is 1.37. The molecular weight excluding hydrogens is 258 g/mol. The fourth-order valence-corrected chi connectivity index (χ4v) is 2.78.